The van der Waals surface area contributed by atoms with E-state index in [2.05, 4.69) is 10.5 Å². The quantitative estimate of drug-likeness (QED) is 0.330. The summed E-state index contributed by atoms with van der Waals surface area (Å²) in [6.07, 6.45) is 1.47. The number of para-hydroxylation sites is 2. The molecule has 0 aliphatic carbocycles. The number of benzene rings is 3. The Kier molecular flexibility index (Phi) is 8.45. The first kappa shape index (κ1) is 24.1. The average Bonchev–Trinajstić information content (AvgIpc) is 2.86. The molecule has 0 aromatic heterocycles. The van der Waals surface area contributed by atoms with Crippen molar-refractivity contribution in [2.45, 2.75) is 6.61 Å². The smallest absolute Gasteiger partial charge is 0.335 e. The van der Waals surface area contributed by atoms with Gasteiger partial charge in [0.2, 0.25) is 0 Å². The van der Waals surface area contributed by atoms with Gasteiger partial charge in [-0.25, -0.2) is 10.2 Å². The van der Waals surface area contributed by atoms with Crippen LogP contribution in [0, 0.1) is 0 Å². The van der Waals surface area contributed by atoms with Crippen LogP contribution in [-0.2, 0) is 11.4 Å². The van der Waals surface area contributed by atoms with Gasteiger partial charge in [-0.3, -0.25) is 4.79 Å². The number of hydrogen-bond donors (Lipinski definition) is 2. The lowest BCUT2D eigenvalue weighted by Gasteiger charge is -2.11. The third-order valence-corrected chi connectivity index (χ3v) is 4.61. The fourth-order valence-electron chi connectivity index (χ4n) is 2.88. The lowest BCUT2D eigenvalue weighted by molar-refractivity contribution is -0.123. The molecular formula is C25H24N2O7. The molecule has 176 valence electrons. The van der Waals surface area contributed by atoms with Crippen LogP contribution < -0.4 is 24.4 Å². The van der Waals surface area contributed by atoms with Gasteiger partial charge in [-0.1, -0.05) is 24.3 Å². The number of amides is 1. The molecule has 1 amide bonds. The summed E-state index contributed by atoms with van der Waals surface area (Å²) in [7, 11) is 3.04. The molecule has 0 aliphatic rings. The number of carboxylic acid groups (broad SMARTS) is 1. The van der Waals surface area contributed by atoms with Crippen LogP contribution >= 0.6 is 0 Å². The number of hydrazone groups is 1. The molecule has 0 fully saturated rings. The first-order valence-electron chi connectivity index (χ1n) is 10.2. The van der Waals surface area contributed by atoms with E-state index in [0.717, 1.165) is 5.56 Å². The van der Waals surface area contributed by atoms with Gasteiger partial charge < -0.3 is 24.1 Å². The Labute approximate surface area is 196 Å². The lowest BCUT2D eigenvalue weighted by atomic mass is 10.1. The molecule has 0 atom stereocenters. The van der Waals surface area contributed by atoms with Crippen LogP contribution in [0.2, 0.25) is 0 Å². The van der Waals surface area contributed by atoms with Gasteiger partial charge in [-0.2, -0.15) is 5.10 Å². The van der Waals surface area contributed by atoms with E-state index in [-0.39, 0.29) is 18.8 Å². The van der Waals surface area contributed by atoms with Gasteiger partial charge in [-0.05, 0) is 53.6 Å². The fourth-order valence-corrected chi connectivity index (χ4v) is 2.88. The predicted octanol–water partition coefficient (Wildman–Crippen LogP) is 3.51. The van der Waals surface area contributed by atoms with Crippen LogP contribution in [-0.4, -0.2) is 44.0 Å². The molecule has 34 heavy (non-hydrogen) atoms. The molecule has 9 heteroatoms. The van der Waals surface area contributed by atoms with Crippen molar-refractivity contribution in [1.29, 1.82) is 0 Å². The molecule has 0 saturated carbocycles. The number of nitrogens with zero attached hydrogens (tertiary/aromatic N) is 1. The van der Waals surface area contributed by atoms with Gasteiger partial charge in [0.15, 0.2) is 29.6 Å². The lowest BCUT2D eigenvalue weighted by Crippen LogP contribution is -2.24. The Balaban J connectivity index is 1.53. The molecule has 0 unspecified atom stereocenters. The normalized spacial score (nSPS) is 10.5. The summed E-state index contributed by atoms with van der Waals surface area (Å²) in [6.45, 7) is 0.0210. The summed E-state index contributed by atoms with van der Waals surface area (Å²) < 4.78 is 21.8. The Morgan fingerprint density at radius 3 is 2.24 bits per heavy atom. The topological polar surface area (TPSA) is 116 Å². The zero-order valence-electron chi connectivity index (χ0n) is 18.7. The van der Waals surface area contributed by atoms with E-state index in [0.29, 0.717) is 28.6 Å². The molecule has 0 heterocycles. The van der Waals surface area contributed by atoms with Crippen molar-refractivity contribution >= 4 is 18.1 Å². The number of carbonyl (C=O) groups excluding carboxylic acids is 1. The highest BCUT2D eigenvalue weighted by Gasteiger charge is 2.08. The Hall–Kier alpha value is -4.53. The number of nitrogens with one attached hydrogen (secondary N) is 1. The molecule has 0 spiro atoms. The van der Waals surface area contributed by atoms with E-state index in [1.807, 2.05) is 0 Å². The number of carbonyl (C=O) groups is 2. The van der Waals surface area contributed by atoms with E-state index in [9.17, 15) is 9.59 Å². The number of hydrogen-bond acceptors (Lipinski definition) is 7. The number of rotatable bonds is 11. The van der Waals surface area contributed by atoms with Crippen molar-refractivity contribution < 1.29 is 33.6 Å². The molecule has 3 aromatic rings. The summed E-state index contributed by atoms with van der Waals surface area (Å²) >= 11 is 0. The first-order chi connectivity index (χ1) is 16.5. The van der Waals surface area contributed by atoms with Gasteiger partial charge in [-0.15, -0.1) is 0 Å². The van der Waals surface area contributed by atoms with Crippen LogP contribution in [0.15, 0.2) is 71.8 Å². The number of ether oxygens (including phenoxy) is 4. The van der Waals surface area contributed by atoms with Crippen LogP contribution in [0.3, 0.4) is 0 Å². The van der Waals surface area contributed by atoms with E-state index >= 15 is 0 Å². The second-order valence-corrected chi connectivity index (χ2v) is 6.93. The van der Waals surface area contributed by atoms with Crippen molar-refractivity contribution in [3.63, 3.8) is 0 Å². The minimum atomic E-state index is -0.980. The van der Waals surface area contributed by atoms with E-state index in [4.69, 9.17) is 24.1 Å². The summed E-state index contributed by atoms with van der Waals surface area (Å²) in [6, 6.07) is 18.6. The van der Waals surface area contributed by atoms with Crippen molar-refractivity contribution in [2.24, 2.45) is 5.10 Å². The van der Waals surface area contributed by atoms with Crippen molar-refractivity contribution in [3.8, 4) is 23.0 Å². The number of methoxy groups -OCH3 is 2. The SMILES string of the molecule is COc1ccccc1OCC(=O)N/N=C/c1ccc(OCc2ccc(C(=O)O)cc2)c(OC)c1. The second-order valence-electron chi connectivity index (χ2n) is 6.93. The third-order valence-electron chi connectivity index (χ3n) is 4.61. The molecule has 9 nitrogen and oxygen atoms in total. The third kappa shape index (κ3) is 6.73. The molecule has 0 saturated heterocycles. The fraction of sp³-hybridized carbons (Fsp3) is 0.160. The largest absolute Gasteiger partial charge is 0.493 e. The number of aromatic carboxylic acids is 1. The summed E-state index contributed by atoms with van der Waals surface area (Å²) in [5, 5.41) is 12.9. The average molecular weight is 464 g/mol. The maximum atomic E-state index is 12.0. The van der Waals surface area contributed by atoms with E-state index in [1.165, 1.54) is 32.6 Å². The van der Waals surface area contributed by atoms with Gasteiger partial charge >= 0.3 is 5.97 Å². The maximum absolute atomic E-state index is 12.0. The van der Waals surface area contributed by atoms with Crippen molar-refractivity contribution in [3.05, 3.63) is 83.4 Å². The molecule has 0 bridgehead atoms. The van der Waals surface area contributed by atoms with Crippen molar-refractivity contribution in [1.82, 2.24) is 5.43 Å². The van der Waals surface area contributed by atoms with Gasteiger partial charge in [0.05, 0.1) is 26.0 Å². The minimum absolute atomic E-state index is 0.211. The second kappa shape index (κ2) is 11.9. The van der Waals surface area contributed by atoms with Gasteiger partial charge in [0.25, 0.3) is 5.91 Å². The molecule has 0 aliphatic heterocycles. The monoisotopic (exact) mass is 464 g/mol. The molecular weight excluding hydrogens is 440 g/mol. The highest BCUT2D eigenvalue weighted by atomic mass is 16.5. The Morgan fingerprint density at radius 2 is 1.56 bits per heavy atom. The van der Waals surface area contributed by atoms with Crippen LogP contribution in [0.25, 0.3) is 0 Å². The van der Waals surface area contributed by atoms with Crippen LogP contribution in [0.5, 0.6) is 23.0 Å². The maximum Gasteiger partial charge on any atom is 0.335 e. The summed E-state index contributed by atoms with van der Waals surface area (Å²) in [5.41, 5.74) is 4.11. The van der Waals surface area contributed by atoms with E-state index < -0.39 is 11.9 Å². The van der Waals surface area contributed by atoms with E-state index in [1.54, 1.807) is 54.6 Å². The predicted molar refractivity (Wildman–Crippen MR) is 125 cm³/mol. The Bertz CT molecular complexity index is 1160. The highest BCUT2D eigenvalue weighted by molar-refractivity contribution is 5.87. The summed E-state index contributed by atoms with van der Waals surface area (Å²) in [4.78, 5) is 22.9. The highest BCUT2D eigenvalue weighted by Crippen LogP contribution is 2.28. The van der Waals surface area contributed by atoms with Crippen LogP contribution in [0.4, 0.5) is 0 Å². The summed E-state index contributed by atoms with van der Waals surface area (Å²) in [5.74, 6) is 0.579. The van der Waals surface area contributed by atoms with Gasteiger partial charge in [0.1, 0.15) is 6.61 Å². The molecule has 2 N–H and O–H groups in total. The minimum Gasteiger partial charge on any atom is -0.493 e. The number of carboxylic acids is 1. The molecule has 3 aromatic carbocycles. The Morgan fingerprint density at radius 1 is 0.882 bits per heavy atom. The van der Waals surface area contributed by atoms with Crippen LogP contribution in [0.1, 0.15) is 21.5 Å². The zero-order valence-corrected chi connectivity index (χ0v) is 18.7. The van der Waals surface area contributed by atoms with Crippen molar-refractivity contribution in [2.75, 3.05) is 20.8 Å². The zero-order chi connectivity index (χ0) is 24.3. The van der Waals surface area contributed by atoms with Gasteiger partial charge in [0, 0.05) is 0 Å². The molecule has 3 rings (SSSR count). The standard InChI is InChI=1S/C25H24N2O7/c1-31-20-5-3-4-6-21(20)34-16-24(28)27-26-14-18-9-12-22(23(13-18)32-2)33-15-17-7-10-19(11-8-17)25(29)30/h3-14H,15-16H2,1-2H3,(H,27,28)(H,29,30)/b26-14+. The molecule has 0 radical (unpaired) electrons. The first-order valence-corrected chi connectivity index (χ1v) is 10.2.